The number of rotatable bonds is 3. The Kier molecular flexibility index (Phi) is 4.91. The lowest BCUT2D eigenvalue weighted by Gasteiger charge is -2.07. The highest BCUT2D eigenvalue weighted by molar-refractivity contribution is 7.18. The van der Waals surface area contributed by atoms with E-state index < -0.39 is 0 Å². The molecule has 0 saturated carbocycles. The first-order chi connectivity index (χ1) is 12.7. The van der Waals surface area contributed by atoms with Crippen molar-refractivity contribution < 1.29 is 4.79 Å². The van der Waals surface area contributed by atoms with Crippen LogP contribution in [0.4, 0.5) is 0 Å². The Morgan fingerprint density at radius 1 is 1.19 bits per heavy atom. The lowest BCUT2D eigenvalue weighted by atomic mass is 10.00. The number of hydrogen-bond donors (Lipinski definition) is 1. The molecule has 3 aromatic heterocycles. The van der Waals surface area contributed by atoms with E-state index in [1.54, 1.807) is 11.3 Å². The number of fused-ring (bicyclic) bond motifs is 2. The molecule has 1 N–H and O–H groups in total. The molecular formula is C19H21N3O2S2. The van der Waals surface area contributed by atoms with Gasteiger partial charge in [0.1, 0.15) is 11.2 Å². The average molecular weight is 388 g/mol. The molecule has 26 heavy (non-hydrogen) atoms. The predicted octanol–water partition coefficient (Wildman–Crippen LogP) is 4.12. The SMILES string of the molecule is CCc1cc2c(=O)n(NC(=O)c3cc4c(s3)CCCCCC4)cnc2s1. The molecule has 0 unspecified atom stereocenters. The van der Waals surface area contributed by atoms with Crippen LogP contribution in [-0.2, 0) is 19.3 Å². The fourth-order valence-corrected chi connectivity index (χ4v) is 5.42. The first-order valence-corrected chi connectivity index (χ1v) is 10.7. The van der Waals surface area contributed by atoms with Gasteiger partial charge in [-0.2, -0.15) is 0 Å². The molecule has 1 aliphatic carbocycles. The molecule has 0 aromatic carbocycles. The van der Waals surface area contributed by atoms with E-state index in [1.165, 1.54) is 58.5 Å². The summed E-state index contributed by atoms with van der Waals surface area (Å²) in [6.45, 7) is 2.05. The summed E-state index contributed by atoms with van der Waals surface area (Å²) in [7, 11) is 0. The van der Waals surface area contributed by atoms with Gasteiger partial charge in [-0.1, -0.05) is 19.8 Å². The third-order valence-corrected chi connectivity index (χ3v) is 7.22. The monoisotopic (exact) mass is 387 g/mol. The number of hydrogen-bond acceptors (Lipinski definition) is 5. The molecule has 1 aliphatic rings. The zero-order valence-electron chi connectivity index (χ0n) is 14.7. The minimum Gasteiger partial charge on any atom is -0.267 e. The molecule has 0 spiro atoms. The largest absolute Gasteiger partial charge is 0.280 e. The molecule has 7 heteroatoms. The molecular weight excluding hydrogens is 366 g/mol. The van der Waals surface area contributed by atoms with Crippen molar-refractivity contribution in [3.63, 3.8) is 0 Å². The molecule has 0 atom stereocenters. The van der Waals surface area contributed by atoms with E-state index in [4.69, 9.17) is 0 Å². The van der Waals surface area contributed by atoms with Crippen LogP contribution in [0.1, 0.15) is 57.6 Å². The predicted molar refractivity (Wildman–Crippen MR) is 107 cm³/mol. The molecule has 1 amide bonds. The number of carbonyl (C=O) groups excluding carboxylic acids is 1. The minimum absolute atomic E-state index is 0.228. The second-order valence-electron chi connectivity index (χ2n) is 6.62. The number of amides is 1. The molecule has 0 aliphatic heterocycles. The molecule has 0 bridgehead atoms. The van der Waals surface area contributed by atoms with Crippen LogP contribution in [0.5, 0.6) is 0 Å². The van der Waals surface area contributed by atoms with Crippen LogP contribution < -0.4 is 11.0 Å². The Hall–Kier alpha value is -1.99. The van der Waals surface area contributed by atoms with Gasteiger partial charge >= 0.3 is 0 Å². The first-order valence-electron chi connectivity index (χ1n) is 9.08. The second-order valence-corrected chi connectivity index (χ2v) is 8.87. The number of aryl methyl sites for hydroxylation is 3. The van der Waals surface area contributed by atoms with Crippen molar-refractivity contribution >= 4 is 38.8 Å². The van der Waals surface area contributed by atoms with Crippen LogP contribution >= 0.6 is 22.7 Å². The molecule has 0 fully saturated rings. The van der Waals surface area contributed by atoms with Crippen molar-refractivity contribution in [1.82, 2.24) is 9.66 Å². The third-order valence-electron chi connectivity index (χ3n) is 4.79. The van der Waals surface area contributed by atoms with Gasteiger partial charge in [-0.15, -0.1) is 22.7 Å². The van der Waals surface area contributed by atoms with Gasteiger partial charge in [0.2, 0.25) is 0 Å². The summed E-state index contributed by atoms with van der Waals surface area (Å²) in [5.41, 5.74) is 3.77. The van der Waals surface area contributed by atoms with E-state index >= 15 is 0 Å². The van der Waals surface area contributed by atoms with Crippen LogP contribution in [0.2, 0.25) is 0 Å². The van der Waals surface area contributed by atoms with Gasteiger partial charge in [-0.05, 0) is 49.8 Å². The molecule has 0 saturated heterocycles. The van der Waals surface area contributed by atoms with Gasteiger partial charge in [0, 0.05) is 9.75 Å². The summed E-state index contributed by atoms with van der Waals surface area (Å²) in [6, 6.07) is 3.87. The maximum absolute atomic E-state index is 12.7. The molecule has 0 radical (unpaired) electrons. The van der Waals surface area contributed by atoms with E-state index in [0.717, 1.165) is 29.0 Å². The summed E-state index contributed by atoms with van der Waals surface area (Å²) < 4.78 is 1.20. The second kappa shape index (κ2) is 7.32. The highest BCUT2D eigenvalue weighted by Crippen LogP contribution is 2.28. The van der Waals surface area contributed by atoms with Crippen LogP contribution in [0.25, 0.3) is 10.2 Å². The van der Waals surface area contributed by atoms with Gasteiger partial charge in [-0.3, -0.25) is 15.0 Å². The van der Waals surface area contributed by atoms with Crippen molar-refractivity contribution in [3.8, 4) is 0 Å². The Labute approximate surface area is 159 Å². The van der Waals surface area contributed by atoms with Crippen LogP contribution in [0.3, 0.4) is 0 Å². The van der Waals surface area contributed by atoms with Crippen molar-refractivity contribution in [2.75, 3.05) is 5.43 Å². The Morgan fingerprint density at radius 3 is 2.81 bits per heavy atom. The molecule has 136 valence electrons. The van der Waals surface area contributed by atoms with E-state index in [9.17, 15) is 9.59 Å². The fraction of sp³-hybridized carbons (Fsp3) is 0.421. The molecule has 5 nitrogen and oxygen atoms in total. The maximum atomic E-state index is 12.7. The van der Waals surface area contributed by atoms with Gasteiger partial charge in [0.25, 0.3) is 11.5 Å². The van der Waals surface area contributed by atoms with Crippen molar-refractivity contribution in [3.05, 3.63) is 49.0 Å². The summed E-state index contributed by atoms with van der Waals surface area (Å²) >= 11 is 3.08. The van der Waals surface area contributed by atoms with Gasteiger partial charge in [0.05, 0.1) is 10.3 Å². The van der Waals surface area contributed by atoms with Crippen molar-refractivity contribution in [2.45, 2.75) is 51.9 Å². The van der Waals surface area contributed by atoms with E-state index in [2.05, 4.69) is 10.4 Å². The summed E-state index contributed by atoms with van der Waals surface area (Å²) in [5, 5.41) is 0.563. The first kappa shape index (κ1) is 17.4. The lowest BCUT2D eigenvalue weighted by Crippen LogP contribution is -2.32. The summed E-state index contributed by atoms with van der Waals surface area (Å²) in [6.07, 6.45) is 9.26. The lowest BCUT2D eigenvalue weighted by molar-refractivity contribution is 0.101. The Morgan fingerprint density at radius 2 is 2.00 bits per heavy atom. The maximum Gasteiger partial charge on any atom is 0.280 e. The fourth-order valence-electron chi connectivity index (χ4n) is 3.35. The zero-order valence-corrected chi connectivity index (χ0v) is 16.3. The molecule has 3 heterocycles. The third kappa shape index (κ3) is 3.33. The smallest absolute Gasteiger partial charge is 0.267 e. The Balaban J connectivity index is 1.60. The van der Waals surface area contributed by atoms with Gasteiger partial charge in [0.15, 0.2) is 0 Å². The molecule has 4 rings (SSSR count). The molecule has 3 aromatic rings. The van der Waals surface area contributed by atoms with E-state index in [0.29, 0.717) is 10.3 Å². The number of nitrogens with zero attached hydrogens (tertiary/aromatic N) is 2. The number of nitrogens with one attached hydrogen (secondary N) is 1. The van der Waals surface area contributed by atoms with E-state index in [1.807, 2.05) is 19.1 Å². The minimum atomic E-state index is -0.240. The standard InChI is InChI=1S/C19H21N3O2S2/c1-2-13-10-14-18(25-13)20-11-22(19(14)24)21-17(23)16-9-12-7-5-3-4-6-8-15(12)26-16/h9-11H,2-8H2,1H3,(H,21,23). The van der Waals surface area contributed by atoms with E-state index in [-0.39, 0.29) is 11.5 Å². The van der Waals surface area contributed by atoms with Crippen molar-refractivity contribution in [1.29, 1.82) is 0 Å². The quantitative estimate of drug-likeness (QED) is 0.735. The number of thiophene rings is 2. The van der Waals surface area contributed by atoms with Gasteiger partial charge < -0.3 is 0 Å². The highest BCUT2D eigenvalue weighted by atomic mass is 32.1. The van der Waals surface area contributed by atoms with Crippen LogP contribution in [0.15, 0.2) is 23.3 Å². The normalized spacial score (nSPS) is 14.7. The highest BCUT2D eigenvalue weighted by Gasteiger charge is 2.17. The van der Waals surface area contributed by atoms with Gasteiger partial charge in [-0.25, -0.2) is 9.66 Å². The summed E-state index contributed by atoms with van der Waals surface area (Å²) in [4.78, 5) is 33.4. The topological polar surface area (TPSA) is 64.0 Å². The summed E-state index contributed by atoms with van der Waals surface area (Å²) in [5.74, 6) is -0.240. The van der Waals surface area contributed by atoms with Crippen LogP contribution in [0, 0.1) is 0 Å². The van der Waals surface area contributed by atoms with Crippen molar-refractivity contribution in [2.24, 2.45) is 0 Å². The average Bonchev–Trinajstić information content (AvgIpc) is 3.21. The number of carbonyl (C=O) groups is 1. The van der Waals surface area contributed by atoms with Crippen LogP contribution in [-0.4, -0.2) is 15.6 Å². The Bertz CT molecular complexity index is 990. The zero-order chi connectivity index (χ0) is 18.1. The number of aromatic nitrogens is 2.